The van der Waals surface area contributed by atoms with Crippen molar-refractivity contribution in [1.82, 2.24) is 0 Å². The molecule has 0 heterocycles. The topological polar surface area (TPSA) is 239 Å². The molecule has 0 aliphatic carbocycles. The second-order valence-corrected chi connectivity index (χ2v) is 13.9. The van der Waals surface area contributed by atoms with Gasteiger partial charge >= 0.3 is 88.7 Å². The van der Waals surface area contributed by atoms with Crippen LogP contribution in [-0.4, -0.2) is 46.4 Å². The van der Waals surface area contributed by atoms with Crippen LogP contribution in [0, 0.1) is 0 Å². The van der Waals surface area contributed by atoms with E-state index in [2.05, 4.69) is 20.5 Å². The molecular formula is C32H22Cl2CoN4Na3O10S2+3. The molecule has 6 aromatic rings. The maximum atomic E-state index is 11.3. The van der Waals surface area contributed by atoms with Crippen molar-refractivity contribution in [3.63, 3.8) is 0 Å². The number of aromatic hydroxyl groups is 4. The molecule has 6 N–H and O–H groups in total. The number of hydrogen-bond donors (Lipinski definition) is 6. The van der Waals surface area contributed by atoms with Crippen molar-refractivity contribution in [3.8, 4) is 23.0 Å². The summed E-state index contributed by atoms with van der Waals surface area (Å²) in [6, 6.07) is 24.7. The zero-order chi connectivity index (χ0) is 36.4. The fourth-order valence-corrected chi connectivity index (χ4v) is 6.38. The second kappa shape index (κ2) is 21.1. The number of halogens is 2. The molecule has 0 aromatic heterocycles. The fraction of sp³-hybridized carbons (Fsp3) is 0. The summed E-state index contributed by atoms with van der Waals surface area (Å²) in [6.07, 6.45) is 0. The summed E-state index contributed by atoms with van der Waals surface area (Å²) in [5.41, 5.74) is -0.253. The van der Waals surface area contributed by atoms with Crippen LogP contribution in [0.2, 0.25) is 10.0 Å². The van der Waals surface area contributed by atoms with E-state index in [4.69, 9.17) is 32.3 Å². The van der Waals surface area contributed by atoms with Crippen molar-refractivity contribution in [3.05, 3.63) is 107 Å². The van der Waals surface area contributed by atoms with Gasteiger partial charge in [-0.25, -0.2) is 0 Å². The molecule has 54 heavy (non-hydrogen) atoms. The molecule has 6 aromatic carbocycles. The standard InChI is InChI=1S/2C16H11ClN2O5S.Co.3Na/c2*17-10-7-12(16(21)14(8-10)25(22,23)24)18-19-15-11-4-2-1-3-9(11)5-6-13(15)20;;;;/h2*1-8,20-21H,(H,22,23,24);;;;/q;;;3*+1. The average molecular weight is 885 g/mol. The smallest absolute Gasteiger partial charge is 0.506 e. The molecule has 6 rings (SSSR count). The van der Waals surface area contributed by atoms with Crippen LogP contribution in [0.3, 0.4) is 0 Å². The number of hydrogen-bond acceptors (Lipinski definition) is 12. The van der Waals surface area contributed by atoms with E-state index < -0.39 is 41.5 Å². The summed E-state index contributed by atoms with van der Waals surface area (Å²) < 4.78 is 63.4. The van der Waals surface area contributed by atoms with Crippen LogP contribution in [0.1, 0.15) is 0 Å². The minimum atomic E-state index is -4.69. The fourth-order valence-electron chi connectivity index (χ4n) is 4.57. The predicted octanol–water partition coefficient (Wildman–Crippen LogP) is 0.143. The minimum Gasteiger partial charge on any atom is -0.506 e. The van der Waals surface area contributed by atoms with Gasteiger partial charge in [-0.05, 0) is 47.2 Å². The van der Waals surface area contributed by atoms with E-state index in [1.165, 1.54) is 24.3 Å². The number of azo groups is 2. The molecule has 0 saturated carbocycles. The van der Waals surface area contributed by atoms with Crippen LogP contribution in [0.5, 0.6) is 23.0 Å². The summed E-state index contributed by atoms with van der Waals surface area (Å²) in [5, 5.41) is 58.1. The molecule has 22 heteroatoms. The third-order valence-electron chi connectivity index (χ3n) is 6.87. The van der Waals surface area contributed by atoms with Crippen molar-refractivity contribution in [2.45, 2.75) is 9.79 Å². The Morgan fingerprint density at radius 1 is 0.481 bits per heavy atom. The molecule has 0 saturated heterocycles. The Morgan fingerprint density at radius 3 is 1.15 bits per heavy atom. The van der Waals surface area contributed by atoms with Crippen molar-refractivity contribution < 1.29 is 152 Å². The van der Waals surface area contributed by atoms with Crippen LogP contribution in [0.25, 0.3) is 21.5 Å². The molecule has 0 aliphatic rings. The molecule has 0 fully saturated rings. The zero-order valence-electron chi connectivity index (χ0n) is 28.2. The maximum Gasteiger partial charge on any atom is 1.00 e. The summed E-state index contributed by atoms with van der Waals surface area (Å²) in [6.45, 7) is 0. The van der Waals surface area contributed by atoms with Gasteiger partial charge in [0, 0.05) is 37.6 Å². The van der Waals surface area contributed by atoms with E-state index in [1.807, 2.05) is 24.3 Å². The second-order valence-electron chi connectivity index (χ2n) is 10.2. The summed E-state index contributed by atoms with van der Waals surface area (Å²) in [7, 11) is -9.38. The van der Waals surface area contributed by atoms with Crippen LogP contribution >= 0.6 is 23.2 Å². The Morgan fingerprint density at radius 2 is 0.815 bits per heavy atom. The SMILES string of the molecule is O=S(=O)(O)c1cc(Cl)cc(N=Nc2c(O)ccc3ccccc23)c1O.O=S(=O)(O)c1cc(Cl)cc(N=Nc2c(O)ccc3ccccc23)c1O.[Co].[Na+].[Na+].[Na+]. The number of phenols is 4. The van der Waals surface area contributed by atoms with Crippen molar-refractivity contribution in [2.24, 2.45) is 20.5 Å². The predicted molar refractivity (Wildman–Crippen MR) is 185 cm³/mol. The quantitative estimate of drug-likeness (QED) is 0.0752. The van der Waals surface area contributed by atoms with Crippen molar-refractivity contribution in [2.75, 3.05) is 0 Å². The number of fused-ring (bicyclic) bond motifs is 2. The molecule has 1 radical (unpaired) electrons. The van der Waals surface area contributed by atoms with Crippen LogP contribution in [-0.2, 0) is 37.0 Å². The van der Waals surface area contributed by atoms with Gasteiger partial charge in [0.05, 0.1) is 0 Å². The minimum absolute atomic E-state index is 0. The van der Waals surface area contributed by atoms with E-state index in [-0.39, 0.29) is 150 Å². The van der Waals surface area contributed by atoms with Gasteiger partial charge in [-0.1, -0.05) is 83.9 Å². The molecule has 0 amide bonds. The van der Waals surface area contributed by atoms with Gasteiger partial charge < -0.3 is 20.4 Å². The van der Waals surface area contributed by atoms with Gasteiger partial charge in [0.1, 0.15) is 44.0 Å². The number of nitrogens with zero attached hydrogens (tertiary/aromatic N) is 4. The molecule has 0 aliphatic heterocycles. The van der Waals surface area contributed by atoms with Crippen LogP contribution in [0.15, 0.2) is 127 Å². The first-order valence-electron chi connectivity index (χ1n) is 13.8. The summed E-state index contributed by atoms with van der Waals surface area (Å²) in [5.74, 6) is -1.87. The van der Waals surface area contributed by atoms with Crippen molar-refractivity contribution >= 4 is 87.7 Å². The van der Waals surface area contributed by atoms with E-state index >= 15 is 0 Å². The van der Waals surface area contributed by atoms with E-state index in [9.17, 15) is 37.3 Å². The average Bonchev–Trinajstić information content (AvgIpc) is 3.05. The largest absolute Gasteiger partial charge is 1.00 e. The first kappa shape index (κ1) is 50.2. The Hall–Kier alpha value is -1.85. The first-order chi connectivity index (χ1) is 23.5. The summed E-state index contributed by atoms with van der Waals surface area (Å²) >= 11 is 11.6. The normalized spacial score (nSPS) is 11.2. The van der Waals surface area contributed by atoms with Crippen LogP contribution < -0.4 is 88.7 Å². The van der Waals surface area contributed by atoms with E-state index in [0.29, 0.717) is 10.8 Å². The Kier molecular flexibility index (Phi) is 19.6. The first-order valence-corrected chi connectivity index (χ1v) is 17.4. The van der Waals surface area contributed by atoms with Gasteiger partial charge in [-0.2, -0.15) is 16.8 Å². The molecule has 0 unspecified atom stereocenters. The number of benzene rings is 6. The summed E-state index contributed by atoms with van der Waals surface area (Å²) in [4.78, 5) is -1.56. The van der Waals surface area contributed by atoms with E-state index in [1.54, 1.807) is 36.4 Å². The van der Waals surface area contributed by atoms with Crippen LogP contribution in [0.4, 0.5) is 22.7 Å². The van der Waals surface area contributed by atoms with E-state index in [0.717, 1.165) is 22.9 Å². The molecular weight excluding hydrogens is 863 g/mol. The molecule has 14 nitrogen and oxygen atoms in total. The molecule has 0 spiro atoms. The molecule has 0 atom stereocenters. The zero-order valence-corrected chi connectivity index (χ0v) is 38.4. The van der Waals surface area contributed by atoms with Gasteiger partial charge in [0.2, 0.25) is 0 Å². The number of phenolic OH excluding ortho intramolecular Hbond substituents is 4. The molecule has 0 bridgehead atoms. The third-order valence-corrected chi connectivity index (χ3v) is 9.04. The van der Waals surface area contributed by atoms with Crippen molar-refractivity contribution in [1.29, 1.82) is 0 Å². The van der Waals surface area contributed by atoms with Gasteiger partial charge in [0.15, 0.2) is 11.5 Å². The van der Waals surface area contributed by atoms with Gasteiger partial charge in [-0.3, -0.25) is 9.11 Å². The van der Waals surface area contributed by atoms with Gasteiger partial charge in [-0.15, -0.1) is 20.5 Å². The Bertz CT molecular complexity index is 2430. The Labute approximate surface area is 394 Å². The Balaban J connectivity index is 0.000000503. The molecule has 265 valence electrons. The third kappa shape index (κ3) is 12.1. The van der Waals surface area contributed by atoms with Gasteiger partial charge in [0.25, 0.3) is 20.2 Å². The maximum absolute atomic E-state index is 11.3. The number of rotatable bonds is 6. The monoisotopic (exact) mass is 884 g/mol.